The molecular weight excluding hydrogens is 240 g/mol. The second-order valence-corrected chi connectivity index (χ2v) is 4.87. The van der Waals surface area contributed by atoms with Crippen LogP contribution in [0.15, 0.2) is 30.3 Å². The number of urea groups is 1. The molecule has 4 heteroatoms. The fraction of sp³-hybridized carbons (Fsp3) is 0.533. The SMILES string of the molecule is CCCNC(=O)N1CCOC(c2ccccc2)C1C. The van der Waals surface area contributed by atoms with Gasteiger partial charge in [-0.2, -0.15) is 0 Å². The number of nitrogens with one attached hydrogen (secondary N) is 1. The average Bonchev–Trinajstić information content (AvgIpc) is 2.46. The molecule has 2 unspecified atom stereocenters. The van der Waals surface area contributed by atoms with Crippen molar-refractivity contribution in [3.63, 3.8) is 0 Å². The molecule has 1 aromatic carbocycles. The first kappa shape index (κ1) is 13.9. The maximum absolute atomic E-state index is 12.1. The predicted molar refractivity (Wildman–Crippen MR) is 75.0 cm³/mol. The van der Waals surface area contributed by atoms with Crippen LogP contribution in [0.25, 0.3) is 0 Å². The number of carbonyl (C=O) groups is 1. The van der Waals surface area contributed by atoms with Crippen molar-refractivity contribution in [2.45, 2.75) is 32.4 Å². The van der Waals surface area contributed by atoms with Gasteiger partial charge in [0.2, 0.25) is 0 Å². The highest BCUT2D eigenvalue weighted by Crippen LogP contribution is 2.28. The first-order valence-electron chi connectivity index (χ1n) is 6.95. The molecule has 2 rings (SSSR count). The molecule has 0 aliphatic carbocycles. The Bertz CT molecular complexity index is 408. The first-order chi connectivity index (χ1) is 9.24. The summed E-state index contributed by atoms with van der Waals surface area (Å²) in [6.45, 7) is 6.06. The van der Waals surface area contributed by atoms with Crippen LogP contribution in [0.2, 0.25) is 0 Å². The molecule has 0 aromatic heterocycles. The molecule has 0 bridgehead atoms. The van der Waals surface area contributed by atoms with Crippen LogP contribution in [-0.2, 0) is 4.74 Å². The van der Waals surface area contributed by atoms with E-state index in [9.17, 15) is 4.79 Å². The van der Waals surface area contributed by atoms with Gasteiger partial charge in [-0.05, 0) is 18.9 Å². The summed E-state index contributed by atoms with van der Waals surface area (Å²) in [4.78, 5) is 14.0. The van der Waals surface area contributed by atoms with E-state index in [0.29, 0.717) is 13.2 Å². The molecule has 19 heavy (non-hydrogen) atoms. The van der Waals surface area contributed by atoms with Crippen LogP contribution in [0, 0.1) is 0 Å². The van der Waals surface area contributed by atoms with E-state index < -0.39 is 0 Å². The first-order valence-corrected chi connectivity index (χ1v) is 6.95. The van der Waals surface area contributed by atoms with Crippen molar-refractivity contribution in [3.05, 3.63) is 35.9 Å². The Hall–Kier alpha value is -1.55. The van der Waals surface area contributed by atoms with Crippen LogP contribution in [0.1, 0.15) is 31.9 Å². The highest BCUT2D eigenvalue weighted by molar-refractivity contribution is 5.74. The lowest BCUT2D eigenvalue weighted by atomic mass is 10.0. The summed E-state index contributed by atoms with van der Waals surface area (Å²) in [5, 5.41) is 2.94. The van der Waals surface area contributed by atoms with Gasteiger partial charge in [0.1, 0.15) is 6.10 Å². The van der Waals surface area contributed by atoms with E-state index in [0.717, 1.165) is 18.5 Å². The monoisotopic (exact) mass is 262 g/mol. The van der Waals surface area contributed by atoms with Gasteiger partial charge in [0.25, 0.3) is 0 Å². The lowest BCUT2D eigenvalue weighted by Crippen LogP contribution is -2.52. The Balaban J connectivity index is 2.06. The molecule has 1 saturated heterocycles. The summed E-state index contributed by atoms with van der Waals surface area (Å²) in [7, 11) is 0. The highest BCUT2D eigenvalue weighted by atomic mass is 16.5. The van der Waals surface area contributed by atoms with Crippen molar-refractivity contribution in [1.29, 1.82) is 0 Å². The van der Waals surface area contributed by atoms with Crippen molar-refractivity contribution < 1.29 is 9.53 Å². The number of nitrogens with zero attached hydrogens (tertiary/aromatic N) is 1. The Morgan fingerprint density at radius 1 is 1.42 bits per heavy atom. The molecule has 2 atom stereocenters. The van der Waals surface area contributed by atoms with Crippen LogP contribution in [-0.4, -0.2) is 36.7 Å². The molecule has 0 saturated carbocycles. The summed E-state index contributed by atoms with van der Waals surface area (Å²) in [6.07, 6.45) is 0.911. The molecule has 1 aliphatic heterocycles. The van der Waals surface area contributed by atoms with Crippen LogP contribution in [0.4, 0.5) is 4.79 Å². The third-order valence-corrected chi connectivity index (χ3v) is 3.47. The van der Waals surface area contributed by atoms with Gasteiger partial charge in [0, 0.05) is 13.1 Å². The smallest absolute Gasteiger partial charge is 0.317 e. The maximum Gasteiger partial charge on any atom is 0.317 e. The van der Waals surface area contributed by atoms with Crippen molar-refractivity contribution in [1.82, 2.24) is 10.2 Å². The number of benzene rings is 1. The van der Waals surface area contributed by atoms with Gasteiger partial charge in [-0.3, -0.25) is 0 Å². The summed E-state index contributed by atoms with van der Waals surface area (Å²) in [5.74, 6) is 0. The number of hydrogen-bond donors (Lipinski definition) is 1. The maximum atomic E-state index is 12.1. The second kappa shape index (κ2) is 6.57. The van der Waals surface area contributed by atoms with Crippen molar-refractivity contribution in [2.75, 3.05) is 19.7 Å². The van der Waals surface area contributed by atoms with Crippen LogP contribution >= 0.6 is 0 Å². The van der Waals surface area contributed by atoms with Gasteiger partial charge < -0.3 is 15.0 Å². The molecule has 1 N–H and O–H groups in total. The lowest BCUT2D eigenvalue weighted by molar-refractivity contribution is -0.0497. The van der Waals surface area contributed by atoms with Crippen LogP contribution < -0.4 is 5.32 Å². The van der Waals surface area contributed by atoms with Crippen LogP contribution in [0.5, 0.6) is 0 Å². The molecule has 1 fully saturated rings. The number of ether oxygens (including phenoxy) is 1. The Kier molecular flexibility index (Phi) is 4.80. The van der Waals surface area contributed by atoms with Gasteiger partial charge >= 0.3 is 6.03 Å². The van der Waals surface area contributed by atoms with Gasteiger partial charge in [-0.15, -0.1) is 0 Å². The largest absolute Gasteiger partial charge is 0.370 e. The molecular formula is C15H22N2O2. The standard InChI is InChI=1S/C15H22N2O2/c1-3-9-16-15(18)17-10-11-19-14(12(17)2)13-7-5-4-6-8-13/h4-8,12,14H,3,9-11H2,1-2H3,(H,16,18). The number of carbonyl (C=O) groups excluding carboxylic acids is 1. The molecule has 1 heterocycles. The summed E-state index contributed by atoms with van der Waals surface area (Å²) >= 11 is 0. The molecule has 0 spiro atoms. The quantitative estimate of drug-likeness (QED) is 0.909. The number of rotatable bonds is 3. The minimum absolute atomic E-state index is 0.0126. The molecule has 104 valence electrons. The zero-order chi connectivity index (χ0) is 13.7. The zero-order valence-corrected chi connectivity index (χ0v) is 11.6. The van der Waals surface area contributed by atoms with Gasteiger partial charge in [-0.1, -0.05) is 37.3 Å². The van der Waals surface area contributed by atoms with E-state index in [2.05, 4.69) is 24.4 Å². The van der Waals surface area contributed by atoms with E-state index in [4.69, 9.17) is 4.74 Å². The number of amides is 2. The van der Waals surface area contributed by atoms with E-state index in [-0.39, 0.29) is 18.2 Å². The molecule has 4 nitrogen and oxygen atoms in total. The van der Waals surface area contributed by atoms with Gasteiger partial charge in [-0.25, -0.2) is 4.79 Å². The van der Waals surface area contributed by atoms with Crippen molar-refractivity contribution in [2.24, 2.45) is 0 Å². The molecule has 1 aliphatic rings. The Morgan fingerprint density at radius 3 is 2.84 bits per heavy atom. The van der Waals surface area contributed by atoms with E-state index in [1.165, 1.54) is 0 Å². The van der Waals surface area contributed by atoms with E-state index in [1.54, 1.807) is 0 Å². The Labute approximate surface area is 114 Å². The molecule has 0 radical (unpaired) electrons. The fourth-order valence-corrected chi connectivity index (χ4v) is 2.42. The van der Waals surface area contributed by atoms with Gasteiger partial charge in [0.05, 0.1) is 12.6 Å². The normalized spacial score (nSPS) is 23.2. The topological polar surface area (TPSA) is 41.6 Å². The summed E-state index contributed by atoms with van der Waals surface area (Å²) < 4.78 is 5.84. The minimum Gasteiger partial charge on any atom is -0.370 e. The third-order valence-electron chi connectivity index (χ3n) is 3.47. The number of hydrogen-bond acceptors (Lipinski definition) is 2. The fourth-order valence-electron chi connectivity index (χ4n) is 2.42. The van der Waals surface area contributed by atoms with Crippen molar-refractivity contribution >= 4 is 6.03 Å². The third kappa shape index (κ3) is 3.26. The minimum atomic E-state index is -0.0395. The lowest BCUT2D eigenvalue weighted by Gasteiger charge is -2.39. The predicted octanol–water partition coefficient (Wildman–Crippen LogP) is 2.57. The second-order valence-electron chi connectivity index (χ2n) is 4.87. The highest BCUT2D eigenvalue weighted by Gasteiger charge is 2.32. The summed E-state index contributed by atoms with van der Waals surface area (Å²) in [6, 6.07) is 10.2. The summed E-state index contributed by atoms with van der Waals surface area (Å²) in [5.41, 5.74) is 1.13. The van der Waals surface area contributed by atoms with Crippen molar-refractivity contribution in [3.8, 4) is 0 Å². The van der Waals surface area contributed by atoms with E-state index in [1.807, 2.05) is 30.0 Å². The molecule has 1 aromatic rings. The van der Waals surface area contributed by atoms with Gasteiger partial charge in [0.15, 0.2) is 0 Å². The zero-order valence-electron chi connectivity index (χ0n) is 11.6. The van der Waals surface area contributed by atoms with Crippen LogP contribution in [0.3, 0.4) is 0 Å². The molecule has 2 amide bonds. The Morgan fingerprint density at radius 2 is 2.16 bits per heavy atom. The number of morpholine rings is 1. The average molecular weight is 262 g/mol. The van der Waals surface area contributed by atoms with E-state index >= 15 is 0 Å².